The lowest BCUT2D eigenvalue weighted by Crippen LogP contribution is -2.36. The molecule has 1 fully saturated rings. The molecule has 134 valence electrons. The number of carbonyl (C=O) groups is 1. The molecule has 24 heavy (non-hydrogen) atoms. The van der Waals surface area contributed by atoms with Crippen LogP contribution < -0.4 is 10.5 Å². The first-order valence-electron chi connectivity index (χ1n) is 7.37. The summed E-state index contributed by atoms with van der Waals surface area (Å²) in [7, 11) is 0. The summed E-state index contributed by atoms with van der Waals surface area (Å²) in [6.07, 6.45) is 0.727. The van der Waals surface area contributed by atoms with Crippen molar-refractivity contribution in [3.63, 3.8) is 0 Å². The highest BCUT2D eigenvalue weighted by atomic mass is 79.9. The minimum atomic E-state index is -3.06. The molecule has 1 unspecified atom stereocenters. The summed E-state index contributed by atoms with van der Waals surface area (Å²) in [6, 6.07) is 1.56. The van der Waals surface area contributed by atoms with Gasteiger partial charge in [-0.05, 0) is 42.8 Å². The van der Waals surface area contributed by atoms with Crippen LogP contribution in [0.1, 0.15) is 20.8 Å². The van der Waals surface area contributed by atoms with Gasteiger partial charge in [-0.1, -0.05) is 0 Å². The Labute approximate surface area is 147 Å². The predicted molar refractivity (Wildman–Crippen MR) is 88.1 cm³/mol. The number of nitrogens with zero attached hydrogens (tertiary/aromatic N) is 2. The molecule has 0 aromatic carbocycles. The van der Waals surface area contributed by atoms with Gasteiger partial charge in [0.15, 0.2) is 11.6 Å². The molecule has 1 aliphatic rings. The van der Waals surface area contributed by atoms with Crippen LogP contribution in [0.5, 0.6) is 5.75 Å². The van der Waals surface area contributed by atoms with E-state index in [4.69, 9.17) is 15.2 Å². The largest absolute Gasteiger partial charge is 0.489 e. The predicted octanol–water partition coefficient (Wildman–Crippen LogP) is 3.31. The van der Waals surface area contributed by atoms with E-state index in [1.165, 1.54) is 6.20 Å². The van der Waals surface area contributed by atoms with Crippen LogP contribution in [0.2, 0.25) is 0 Å². The number of aromatic nitrogens is 1. The molecule has 1 aromatic rings. The third kappa shape index (κ3) is 4.68. The molecule has 2 heterocycles. The molecule has 0 saturated carbocycles. The zero-order chi connectivity index (χ0) is 18.1. The number of carbonyl (C=O) groups excluding carboxylic acids is 1. The molecule has 9 heteroatoms. The van der Waals surface area contributed by atoms with Crippen molar-refractivity contribution in [1.82, 2.24) is 9.88 Å². The zero-order valence-electron chi connectivity index (χ0n) is 13.7. The molecule has 0 bridgehead atoms. The minimum absolute atomic E-state index is 0.114. The summed E-state index contributed by atoms with van der Waals surface area (Å²) in [5, 5.41) is 0. The van der Waals surface area contributed by atoms with Crippen LogP contribution in [0.3, 0.4) is 0 Å². The standard InChI is InChI=1S/C15H20BrF2N3O3/c1-14(2,3)24-13(22)21-6-9(15(17,18)8-21)7-23-11-4-10(16)5-20-12(11)19/h4-5,9H,6-8H2,1-3H3,(H2,19,20). The molecule has 6 nitrogen and oxygen atoms in total. The van der Waals surface area contributed by atoms with E-state index in [0.717, 1.165) is 4.90 Å². The average Bonchev–Trinajstić information content (AvgIpc) is 2.73. The smallest absolute Gasteiger partial charge is 0.410 e. The van der Waals surface area contributed by atoms with Gasteiger partial charge in [-0.3, -0.25) is 0 Å². The molecule has 1 saturated heterocycles. The van der Waals surface area contributed by atoms with Crippen LogP contribution in [-0.4, -0.2) is 47.2 Å². The normalized spacial score (nSPS) is 20.1. The molecule has 0 spiro atoms. The molecular weight excluding hydrogens is 388 g/mol. The van der Waals surface area contributed by atoms with E-state index in [9.17, 15) is 13.6 Å². The van der Waals surface area contributed by atoms with Gasteiger partial charge in [0.25, 0.3) is 5.92 Å². The topological polar surface area (TPSA) is 77.7 Å². The Hall–Kier alpha value is -1.64. The molecule has 2 rings (SSSR count). The Morgan fingerprint density at radius 3 is 2.83 bits per heavy atom. The van der Waals surface area contributed by atoms with E-state index in [1.807, 2.05) is 0 Å². The SMILES string of the molecule is CC(C)(C)OC(=O)N1CC(COc2cc(Br)cnc2N)C(F)(F)C1. The maximum Gasteiger partial charge on any atom is 0.410 e. The highest BCUT2D eigenvalue weighted by Gasteiger charge is 2.50. The second kappa shape index (κ2) is 6.70. The van der Waals surface area contributed by atoms with Gasteiger partial charge in [0.2, 0.25) is 0 Å². The molecule has 0 aliphatic carbocycles. The first kappa shape index (κ1) is 18.7. The van der Waals surface area contributed by atoms with Crippen LogP contribution >= 0.6 is 15.9 Å². The van der Waals surface area contributed by atoms with Crippen molar-refractivity contribution in [1.29, 1.82) is 0 Å². The zero-order valence-corrected chi connectivity index (χ0v) is 15.3. The van der Waals surface area contributed by atoms with Gasteiger partial charge in [-0.25, -0.2) is 18.6 Å². The average molecular weight is 408 g/mol. The number of ether oxygens (including phenoxy) is 2. The Morgan fingerprint density at radius 1 is 1.54 bits per heavy atom. The van der Waals surface area contributed by atoms with Gasteiger partial charge in [-0.15, -0.1) is 0 Å². The van der Waals surface area contributed by atoms with Gasteiger partial charge in [0.05, 0.1) is 19.1 Å². The lowest BCUT2D eigenvalue weighted by Gasteiger charge is -2.24. The second-order valence-electron chi connectivity index (χ2n) is 6.67. The summed E-state index contributed by atoms with van der Waals surface area (Å²) >= 11 is 3.21. The number of nitrogen functional groups attached to an aromatic ring is 1. The third-order valence-corrected chi connectivity index (χ3v) is 3.81. The summed E-state index contributed by atoms with van der Waals surface area (Å²) in [6.45, 7) is 3.92. The quantitative estimate of drug-likeness (QED) is 0.831. The summed E-state index contributed by atoms with van der Waals surface area (Å²) in [5.41, 5.74) is 4.92. The number of likely N-dealkylation sites (tertiary alicyclic amines) is 1. The van der Waals surface area contributed by atoms with Gasteiger partial charge in [0.1, 0.15) is 5.60 Å². The van der Waals surface area contributed by atoms with Crippen molar-refractivity contribution >= 4 is 27.8 Å². The maximum absolute atomic E-state index is 14.1. The van der Waals surface area contributed by atoms with Crippen molar-refractivity contribution in [2.24, 2.45) is 5.92 Å². The van der Waals surface area contributed by atoms with E-state index in [-0.39, 0.29) is 24.7 Å². The number of pyridine rings is 1. The molecule has 1 atom stereocenters. The van der Waals surface area contributed by atoms with Crippen molar-refractivity contribution < 1.29 is 23.0 Å². The molecule has 1 amide bonds. The van der Waals surface area contributed by atoms with Gasteiger partial charge in [-0.2, -0.15) is 0 Å². The van der Waals surface area contributed by atoms with E-state index in [0.29, 0.717) is 4.47 Å². The Kier molecular flexibility index (Phi) is 5.22. The van der Waals surface area contributed by atoms with E-state index >= 15 is 0 Å². The highest BCUT2D eigenvalue weighted by molar-refractivity contribution is 9.10. The first-order chi connectivity index (χ1) is 11.0. The number of anilines is 1. The number of nitrogens with two attached hydrogens (primary N) is 1. The number of hydrogen-bond acceptors (Lipinski definition) is 5. The van der Waals surface area contributed by atoms with Crippen molar-refractivity contribution in [3.8, 4) is 5.75 Å². The van der Waals surface area contributed by atoms with Gasteiger partial charge in [0, 0.05) is 17.2 Å². The Bertz CT molecular complexity index is 622. The van der Waals surface area contributed by atoms with Crippen LogP contribution in [0.25, 0.3) is 0 Å². The molecule has 1 aliphatic heterocycles. The number of rotatable bonds is 3. The minimum Gasteiger partial charge on any atom is -0.489 e. The maximum atomic E-state index is 14.1. The van der Waals surface area contributed by atoms with Gasteiger partial charge >= 0.3 is 6.09 Å². The lowest BCUT2D eigenvalue weighted by molar-refractivity contribution is -0.0414. The van der Waals surface area contributed by atoms with Crippen LogP contribution in [0, 0.1) is 5.92 Å². The van der Waals surface area contributed by atoms with E-state index < -0.39 is 30.1 Å². The fourth-order valence-electron chi connectivity index (χ4n) is 2.23. The molecule has 2 N–H and O–H groups in total. The van der Waals surface area contributed by atoms with Crippen molar-refractivity contribution in [2.45, 2.75) is 32.3 Å². The second-order valence-corrected chi connectivity index (χ2v) is 7.58. The fourth-order valence-corrected chi connectivity index (χ4v) is 2.54. The number of alkyl halides is 2. The summed E-state index contributed by atoms with van der Waals surface area (Å²) < 4.78 is 39.5. The summed E-state index contributed by atoms with van der Waals surface area (Å²) in [4.78, 5) is 16.8. The molecular formula is C15H20BrF2N3O3. The monoisotopic (exact) mass is 407 g/mol. The van der Waals surface area contributed by atoms with Crippen molar-refractivity contribution in [3.05, 3.63) is 16.7 Å². The van der Waals surface area contributed by atoms with Crippen LogP contribution in [-0.2, 0) is 4.74 Å². The van der Waals surface area contributed by atoms with Crippen LogP contribution in [0.15, 0.2) is 16.7 Å². The highest BCUT2D eigenvalue weighted by Crippen LogP contribution is 2.35. The number of amides is 1. The summed E-state index contributed by atoms with van der Waals surface area (Å²) in [5.74, 6) is -3.88. The third-order valence-electron chi connectivity index (χ3n) is 3.38. The Morgan fingerprint density at radius 2 is 2.21 bits per heavy atom. The van der Waals surface area contributed by atoms with Gasteiger partial charge < -0.3 is 20.1 Å². The fraction of sp³-hybridized carbons (Fsp3) is 0.600. The molecule has 0 radical (unpaired) electrons. The van der Waals surface area contributed by atoms with E-state index in [1.54, 1.807) is 26.8 Å². The Balaban J connectivity index is 2.00. The van der Waals surface area contributed by atoms with Crippen molar-refractivity contribution in [2.75, 3.05) is 25.4 Å². The molecule has 1 aromatic heterocycles. The van der Waals surface area contributed by atoms with E-state index in [2.05, 4.69) is 20.9 Å². The number of halogens is 3. The number of hydrogen-bond donors (Lipinski definition) is 1. The van der Waals surface area contributed by atoms with Crippen LogP contribution in [0.4, 0.5) is 19.4 Å². The lowest BCUT2D eigenvalue weighted by atomic mass is 10.1. The first-order valence-corrected chi connectivity index (χ1v) is 8.17.